The molecule has 0 aliphatic carbocycles. The maximum atomic E-state index is 12.6. The fourth-order valence-corrected chi connectivity index (χ4v) is 3.55. The minimum atomic E-state index is -0.120. The van der Waals surface area contributed by atoms with Crippen LogP contribution in [-0.2, 0) is 7.05 Å². The quantitative estimate of drug-likeness (QED) is 0.617. The molecule has 0 saturated carbocycles. The van der Waals surface area contributed by atoms with E-state index in [1.165, 1.54) is 11.3 Å². The number of nitrogens with one attached hydrogen (secondary N) is 1. The molecule has 118 valence electrons. The summed E-state index contributed by atoms with van der Waals surface area (Å²) < 4.78 is 2.92. The Bertz CT molecular complexity index is 1000. The minimum Gasteiger partial charge on any atom is -0.321 e. The van der Waals surface area contributed by atoms with Crippen LogP contribution in [0.4, 0.5) is 5.69 Å². The van der Waals surface area contributed by atoms with Crippen LogP contribution in [0, 0.1) is 0 Å². The number of hydrogen-bond acceptors (Lipinski definition) is 4. The highest BCUT2D eigenvalue weighted by Crippen LogP contribution is 2.29. The second kappa shape index (κ2) is 5.90. The van der Waals surface area contributed by atoms with Gasteiger partial charge in [0, 0.05) is 17.3 Å². The van der Waals surface area contributed by atoms with E-state index >= 15 is 0 Å². The van der Waals surface area contributed by atoms with Gasteiger partial charge in [-0.15, -0.1) is 21.5 Å². The van der Waals surface area contributed by atoms with Gasteiger partial charge in [-0.2, -0.15) is 0 Å². The summed E-state index contributed by atoms with van der Waals surface area (Å²) in [6.45, 7) is 0. The Labute approximate surface area is 142 Å². The van der Waals surface area contributed by atoms with Gasteiger partial charge in [-0.1, -0.05) is 30.3 Å². The van der Waals surface area contributed by atoms with E-state index in [1.807, 2.05) is 66.2 Å². The number of thiophene rings is 1. The number of amides is 1. The highest BCUT2D eigenvalue weighted by molar-refractivity contribution is 7.20. The van der Waals surface area contributed by atoms with Crippen molar-refractivity contribution in [1.29, 1.82) is 0 Å². The van der Waals surface area contributed by atoms with Crippen LogP contribution in [0.2, 0.25) is 0 Å². The smallest absolute Gasteiger partial charge is 0.265 e. The highest BCUT2D eigenvalue weighted by atomic mass is 32.1. The lowest BCUT2D eigenvalue weighted by atomic mass is 10.1. The van der Waals surface area contributed by atoms with E-state index in [0.29, 0.717) is 10.7 Å². The number of aromatic nitrogens is 3. The van der Waals surface area contributed by atoms with Gasteiger partial charge in [0.25, 0.3) is 5.91 Å². The first kappa shape index (κ1) is 14.6. The molecule has 4 aromatic rings. The van der Waals surface area contributed by atoms with Gasteiger partial charge in [0.15, 0.2) is 5.82 Å². The molecule has 0 atom stereocenters. The number of carbonyl (C=O) groups is 1. The van der Waals surface area contributed by atoms with Gasteiger partial charge in [0.2, 0.25) is 0 Å². The lowest BCUT2D eigenvalue weighted by Gasteiger charge is -2.09. The number of aryl methyl sites for hydroxylation is 1. The predicted molar refractivity (Wildman–Crippen MR) is 96.2 cm³/mol. The Morgan fingerprint density at radius 1 is 1.12 bits per heavy atom. The van der Waals surface area contributed by atoms with Gasteiger partial charge in [-0.25, -0.2) is 0 Å². The Hall–Kier alpha value is -2.99. The summed E-state index contributed by atoms with van der Waals surface area (Å²) in [5.41, 5.74) is 1.56. The van der Waals surface area contributed by atoms with Gasteiger partial charge >= 0.3 is 0 Å². The Morgan fingerprint density at radius 2 is 1.92 bits per heavy atom. The van der Waals surface area contributed by atoms with E-state index in [4.69, 9.17) is 0 Å². The van der Waals surface area contributed by atoms with Crippen molar-refractivity contribution in [3.05, 3.63) is 65.8 Å². The zero-order chi connectivity index (χ0) is 16.5. The van der Waals surface area contributed by atoms with Gasteiger partial charge < -0.3 is 9.88 Å². The van der Waals surface area contributed by atoms with Gasteiger partial charge in [-0.3, -0.25) is 4.79 Å². The van der Waals surface area contributed by atoms with Crippen molar-refractivity contribution in [2.24, 2.45) is 7.05 Å². The molecule has 0 bridgehead atoms. The monoisotopic (exact) mass is 334 g/mol. The van der Waals surface area contributed by atoms with E-state index in [2.05, 4.69) is 15.5 Å². The first-order chi connectivity index (χ1) is 11.7. The van der Waals surface area contributed by atoms with Gasteiger partial charge in [0.1, 0.15) is 6.33 Å². The van der Waals surface area contributed by atoms with Crippen LogP contribution in [0.5, 0.6) is 0 Å². The predicted octanol–water partition coefficient (Wildman–Crippen LogP) is 3.95. The van der Waals surface area contributed by atoms with E-state index in [0.717, 1.165) is 21.3 Å². The fraction of sp³-hybridized carbons (Fsp3) is 0.0556. The van der Waals surface area contributed by atoms with Crippen LogP contribution >= 0.6 is 11.3 Å². The molecule has 24 heavy (non-hydrogen) atoms. The van der Waals surface area contributed by atoms with Crippen LogP contribution in [0.3, 0.4) is 0 Å². The standard InChI is InChI=1S/C18H14N4OS/c1-22-11-19-21-17(22)13-7-3-4-8-14(13)20-18(23)16-10-12-6-2-5-9-15(12)24-16/h2-11H,1H3,(H,20,23). The first-order valence-electron chi connectivity index (χ1n) is 7.46. The maximum absolute atomic E-state index is 12.6. The molecular weight excluding hydrogens is 320 g/mol. The van der Waals surface area contributed by atoms with Crippen LogP contribution in [-0.4, -0.2) is 20.7 Å². The molecule has 0 aliphatic heterocycles. The van der Waals surface area contributed by atoms with Crippen LogP contribution in [0.1, 0.15) is 9.67 Å². The summed E-state index contributed by atoms with van der Waals surface area (Å²) in [5, 5.41) is 12.1. The molecule has 4 rings (SSSR count). The molecule has 1 N–H and O–H groups in total. The number of para-hydroxylation sites is 1. The summed E-state index contributed by atoms with van der Waals surface area (Å²) in [5.74, 6) is 0.591. The normalized spacial score (nSPS) is 10.9. The molecule has 5 nitrogen and oxygen atoms in total. The zero-order valence-corrected chi connectivity index (χ0v) is 13.7. The van der Waals surface area contributed by atoms with Crippen molar-refractivity contribution in [2.75, 3.05) is 5.32 Å². The lowest BCUT2D eigenvalue weighted by Crippen LogP contribution is -2.11. The largest absolute Gasteiger partial charge is 0.321 e. The average molecular weight is 334 g/mol. The van der Waals surface area contributed by atoms with Crippen LogP contribution in [0.25, 0.3) is 21.5 Å². The topological polar surface area (TPSA) is 59.8 Å². The second-order valence-corrected chi connectivity index (χ2v) is 6.50. The summed E-state index contributed by atoms with van der Waals surface area (Å²) in [4.78, 5) is 13.3. The molecule has 0 fully saturated rings. The summed E-state index contributed by atoms with van der Waals surface area (Å²) in [6, 6.07) is 17.5. The van der Waals surface area contributed by atoms with Crippen LogP contribution < -0.4 is 5.32 Å². The van der Waals surface area contributed by atoms with Crippen molar-refractivity contribution < 1.29 is 4.79 Å². The number of hydrogen-bond donors (Lipinski definition) is 1. The van der Waals surface area contributed by atoms with Crippen molar-refractivity contribution in [3.63, 3.8) is 0 Å². The molecule has 0 radical (unpaired) electrons. The molecule has 0 saturated heterocycles. The van der Waals surface area contributed by atoms with E-state index in [-0.39, 0.29) is 5.91 Å². The SMILES string of the molecule is Cn1cnnc1-c1ccccc1NC(=O)c1cc2ccccc2s1. The third-order valence-corrected chi connectivity index (χ3v) is 4.89. The maximum Gasteiger partial charge on any atom is 0.265 e. The summed E-state index contributed by atoms with van der Waals surface area (Å²) in [7, 11) is 1.87. The van der Waals surface area contributed by atoms with Crippen LogP contribution in [0.15, 0.2) is 60.9 Å². The molecule has 0 unspecified atom stereocenters. The Morgan fingerprint density at radius 3 is 2.71 bits per heavy atom. The summed E-state index contributed by atoms with van der Waals surface area (Å²) in [6.07, 6.45) is 1.64. The van der Waals surface area contributed by atoms with Crippen molar-refractivity contribution in [1.82, 2.24) is 14.8 Å². The van der Waals surface area contributed by atoms with Crippen molar-refractivity contribution >= 4 is 33.0 Å². The number of nitrogens with zero attached hydrogens (tertiary/aromatic N) is 3. The zero-order valence-electron chi connectivity index (χ0n) is 12.9. The first-order valence-corrected chi connectivity index (χ1v) is 8.27. The Kier molecular flexibility index (Phi) is 3.59. The number of fused-ring (bicyclic) bond motifs is 1. The third kappa shape index (κ3) is 2.57. The number of rotatable bonds is 3. The van der Waals surface area contributed by atoms with E-state index in [9.17, 15) is 4.79 Å². The summed E-state index contributed by atoms with van der Waals surface area (Å²) >= 11 is 1.49. The molecule has 0 aliphatic rings. The minimum absolute atomic E-state index is 0.120. The lowest BCUT2D eigenvalue weighted by molar-refractivity contribution is 0.103. The van der Waals surface area contributed by atoms with E-state index in [1.54, 1.807) is 6.33 Å². The number of benzene rings is 2. The Balaban J connectivity index is 1.68. The molecule has 1 amide bonds. The average Bonchev–Trinajstić information content (AvgIpc) is 3.21. The third-order valence-electron chi connectivity index (χ3n) is 3.78. The van der Waals surface area contributed by atoms with Gasteiger partial charge in [-0.05, 0) is 29.7 Å². The highest BCUT2D eigenvalue weighted by Gasteiger charge is 2.15. The van der Waals surface area contributed by atoms with Gasteiger partial charge in [0.05, 0.1) is 10.6 Å². The molecule has 2 heterocycles. The number of anilines is 1. The number of carbonyl (C=O) groups excluding carboxylic acids is 1. The molecule has 0 spiro atoms. The molecule has 6 heteroatoms. The molecular formula is C18H14N4OS. The van der Waals surface area contributed by atoms with Crippen molar-refractivity contribution in [3.8, 4) is 11.4 Å². The fourth-order valence-electron chi connectivity index (χ4n) is 2.59. The van der Waals surface area contributed by atoms with E-state index < -0.39 is 0 Å². The second-order valence-electron chi connectivity index (χ2n) is 5.41. The van der Waals surface area contributed by atoms with Crippen molar-refractivity contribution in [2.45, 2.75) is 0 Å². The molecule has 2 aromatic heterocycles. The molecule has 2 aromatic carbocycles.